The van der Waals surface area contributed by atoms with Gasteiger partial charge in [-0.15, -0.1) is 27.8 Å². The van der Waals surface area contributed by atoms with Gasteiger partial charge in [0.2, 0.25) is 0 Å². The molecule has 9 heteroatoms. The minimum Gasteiger partial charge on any atom is -0.298 e. The molecule has 1 aromatic carbocycles. The molecule has 0 atom stereocenters. The third kappa shape index (κ3) is 2.82. The second-order valence-electron chi connectivity index (χ2n) is 4.75. The van der Waals surface area contributed by atoms with E-state index in [2.05, 4.69) is 25.8 Å². The van der Waals surface area contributed by atoms with Gasteiger partial charge in [0.25, 0.3) is 5.91 Å². The highest BCUT2D eigenvalue weighted by Gasteiger charge is 2.17. The van der Waals surface area contributed by atoms with Crippen molar-refractivity contribution < 1.29 is 4.79 Å². The number of hydrogen-bond donors (Lipinski definition) is 1. The van der Waals surface area contributed by atoms with E-state index in [0.29, 0.717) is 15.7 Å². The first-order chi connectivity index (χ1) is 11.8. The van der Waals surface area contributed by atoms with Gasteiger partial charge in [-0.3, -0.25) is 10.1 Å². The highest BCUT2D eigenvalue weighted by atomic mass is 32.1. The molecule has 4 aromatic rings. The number of tetrazole rings is 1. The minimum atomic E-state index is -0.240. The average molecular weight is 354 g/mol. The van der Waals surface area contributed by atoms with E-state index in [9.17, 15) is 4.79 Å². The summed E-state index contributed by atoms with van der Waals surface area (Å²) in [5.41, 5.74) is 2.35. The standard InChI is InChI=1S/C15H10N6OS2/c22-13(11-6-7-23-14(11)21-9-16-19-20-21)18-15-17-12(8-24-15)10-4-2-1-3-5-10/h1-9H,(H,17,18,22). The predicted molar refractivity (Wildman–Crippen MR) is 92.5 cm³/mol. The van der Waals surface area contributed by atoms with Crippen molar-refractivity contribution in [1.82, 2.24) is 25.2 Å². The molecule has 1 amide bonds. The number of amides is 1. The molecule has 0 aliphatic rings. The molecule has 4 rings (SSSR count). The Bertz CT molecular complexity index is 961. The highest BCUT2D eigenvalue weighted by Crippen LogP contribution is 2.26. The third-order valence-electron chi connectivity index (χ3n) is 3.24. The molecule has 0 radical (unpaired) electrons. The molecular formula is C15H10N6OS2. The Morgan fingerprint density at radius 2 is 2.00 bits per heavy atom. The molecule has 3 heterocycles. The van der Waals surface area contributed by atoms with Crippen LogP contribution in [0.25, 0.3) is 16.3 Å². The van der Waals surface area contributed by atoms with Crippen molar-refractivity contribution in [3.05, 3.63) is 59.0 Å². The fourth-order valence-corrected chi connectivity index (χ4v) is 3.67. The van der Waals surface area contributed by atoms with Crippen molar-refractivity contribution in [3.63, 3.8) is 0 Å². The van der Waals surface area contributed by atoms with Crippen LogP contribution in [0.1, 0.15) is 10.4 Å². The Labute approximate surface area is 144 Å². The molecule has 0 aliphatic heterocycles. The molecule has 0 saturated heterocycles. The molecule has 1 N–H and O–H groups in total. The van der Waals surface area contributed by atoms with Gasteiger partial charge in [0.05, 0.1) is 11.3 Å². The van der Waals surface area contributed by atoms with Crippen molar-refractivity contribution in [1.29, 1.82) is 0 Å². The second kappa shape index (κ2) is 6.30. The minimum absolute atomic E-state index is 0.240. The zero-order valence-electron chi connectivity index (χ0n) is 12.2. The molecule has 0 unspecified atom stereocenters. The number of thiophene rings is 1. The normalized spacial score (nSPS) is 10.7. The summed E-state index contributed by atoms with van der Waals surface area (Å²) < 4.78 is 1.47. The monoisotopic (exact) mass is 354 g/mol. The van der Waals surface area contributed by atoms with Crippen LogP contribution in [0.5, 0.6) is 0 Å². The zero-order valence-corrected chi connectivity index (χ0v) is 13.8. The second-order valence-corrected chi connectivity index (χ2v) is 6.50. The lowest BCUT2D eigenvalue weighted by atomic mass is 10.2. The Hall–Kier alpha value is -2.91. The number of benzene rings is 1. The number of carbonyl (C=O) groups excluding carboxylic acids is 1. The number of anilines is 1. The fraction of sp³-hybridized carbons (Fsp3) is 0. The first kappa shape index (κ1) is 14.7. The lowest BCUT2D eigenvalue weighted by molar-refractivity contribution is 0.102. The molecule has 3 aromatic heterocycles. The molecule has 7 nitrogen and oxygen atoms in total. The van der Waals surface area contributed by atoms with Crippen molar-refractivity contribution in [2.75, 3.05) is 5.32 Å². The Kier molecular flexibility index (Phi) is 3.85. The first-order valence-electron chi connectivity index (χ1n) is 6.94. The van der Waals surface area contributed by atoms with Gasteiger partial charge < -0.3 is 0 Å². The van der Waals surface area contributed by atoms with Gasteiger partial charge in [-0.25, -0.2) is 4.98 Å². The molecule has 0 aliphatic carbocycles. The number of rotatable bonds is 4. The summed E-state index contributed by atoms with van der Waals surface area (Å²) in [7, 11) is 0. The largest absolute Gasteiger partial charge is 0.298 e. The summed E-state index contributed by atoms with van der Waals surface area (Å²) in [4.78, 5) is 17.0. The maximum atomic E-state index is 12.5. The van der Waals surface area contributed by atoms with Gasteiger partial charge >= 0.3 is 0 Å². The van der Waals surface area contributed by atoms with Gasteiger partial charge in [-0.05, 0) is 21.9 Å². The smallest absolute Gasteiger partial charge is 0.260 e. The maximum absolute atomic E-state index is 12.5. The number of carbonyl (C=O) groups is 1. The van der Waals surface area contributed by atoms with Gasteiger partial charge in [-0.2, -0.15) is 4.68 Å². The van der Waals surface area contributed by atoms with Crippen molar-refractivity contribution in [3.8, 4) is 16.3 Å². The van der Waals surface area contributed by atoms with Gasteiger partial charge in [-0.1, -0.05) is 30.3 Å². The van der Waals surface area contributed by atoms with E-state index in [1.807, 2.05) is 41.1 Å². The molecular weight excluding hydrogens is 344 g/mol. The van der Waals surface area contributed by atoms with Crippen LogP contribution in [-0.4, -0.2) is 31.1 Å². The summed E-state index contributed by atoms with van der Waals surface area (Å²) in [6.45, 7) is 0. The Morgan fingerprint density at radius 3 is 2.79 bits per heavy atom. The van der Waals surface area contributed by atoms with E-state index in [4.69, 9.17) is 0 Å². The lowest BCUT2D eigenvalue weighted by Gasteiger charge is -2.02. The maximum Gasteiger partial charge on any atom is 0.260 e. The van der Waals surface area contributed by atoms with E-state index < -0.39 is 0 Å². The van der Waals surface area contributed by atoms with Crippen LogP contribution >= 0.6 is 22.7 Å². The van der Waals surface area contributed by atoms with Crippen LogP contribution in [-0.2, 0) is 0 Å². The molecule has 0 bridgehead atoms. The summed E-state index contributed by atoms with van der Waals surface area (Å²) in [5, 5.41) is 18.8. The molecule has 0 spiro atoms. The topological polar surface area (TPSA) is 85.6 Å². The van der Waals surface area contributed by atoms with Gasteiger partial charge in [0.1, 0.15) is 11.3 Å². The number of nitrogens with one attached hydrogen (secondary N) is 1. The Morgan fingerprint density at radius 1 is 1.12 bits per heavy atom. The van der Waals surface area contributed by atoms with Crippen molar-refractivity contribution in [2.24, 2.45) is 0 Å². The molecule has 24 heavy (non-hydrogen) atoms. The fourth-order valence-electron chi connectivity index (χ4n) is 2.14. The zero-order chi connectivity index (χ0) is 16.4. The number of aromatic nitrogens is 5. The van der Waals surface area contributed by atoms with Crippen LogP contribution in [0.15, 0.2) is 53.5 Å². The van der Waals surface area contributed by atoms with Gasteiger partial charge in [0, 0.05) is 10.9 Å². The predicted octanol–water partition coefficient (Wildman–Crippen LogP) is 3.10. The molecule has 0 fully saturated rings. The van der Waals surface area contributed by atoms with Crippen LogP contribution in [0.2, 0.25) is 0 Å². The average Bonchev–Trinajstić information content (AvgIpc) is 3.36. The quantitative estimate of drug-likeness (QED) is 0.609. The highest BCUT2D eigenvalue weighted by molar-refractivity contribution is 7.14. The van der Waals surface area contributed by atoms with E-state index in [0.717, 1.165) is 11.3 Å². The van der Waals surface area contributed by atoms with Crippen LogP contribution in [0, 0.1) is 0 Å². The van der Waals surface area contributed by atoms with E-state index in [1.54, 1.807) is 6.07 Å². The van der Waals surface area contributed by atoms with Crippen molar-refractivity contribution >= 4 is 33.7 Å². The van der Waals surface area contributed by atoms with E-state index in [-0.39, 0.29) is 5.91 Å². The first-order valence-corrected chi connectivity index (χ1v) is 8.70. The summed E-state index contributed by atoms with van der Waals surface area (Å²) in [6, 6.07) is 11.6. The molecule has 118 valence electrons. The van der Waals surface area contributed by atoms with Crippen LogP contribution in [0.3, 0.4) is 0 Å². The van der Waals surface area contributed by atoms with E-state index in [1.165, 1.54) is 33.7 Å². The third-order valence-corrected chi connectivity index (χ3v) is 4.90. The van der Waals surface area contributed by atoms with E-state index >= 15 is 0 Å². The van der Waals surface area contributed by atoms with Crippen LogP contribution < -0.4 is 5.32 Å². The van der Waals surface area contributed by atoms with Crippen molar-refractivity contribution in [2.45, 2.75) is 0 Å². The lowest BCUT2D eigenvalue weighted by Crippen LogP contribution is -2.13. The summed E-state index contributed by atoms with van der Waals surface area (Å²) in [6.07, 6.45) is 1.46. The summed E-state index contributed by atoms with van der Waals surface area (Å²) >= 11 is 2.78. The Balaban J connectivity index is 1.56. The SMILES string of the molecule is O=C(Nc1nc(-c2ccccc2)cs1)c1ccsc1-n1cnnn1. The number of nitrogens with zero attached hydrogens (tertiary/aromatic N) is 5. The van der Waals surface area contributed by atoms with Gasteiger partial charge in [0.15, 0.2) is 5.13 Å². The number of hydrogen-bond acceptors (Lipinski definition) is 7. The molecule has 0 saturated carbocycles. The number of thiazole rings is 1. The van der Waals surface area contributed by atoms with Crippen LogP contribution in [0.4, 0.5) is 5.13 Å². The summed E-state index contributed by atoms with van der Waals surface area (Å²) in [5.74, 6) is -0.240.